The van der Waals surface area contributed by atoms with Crippen LogP contribution in [0.15, 0.2) is 39.5 Å². The molecule has 0 bridgehead atoms. The highest BCUT2D eigenvalue weighted by Gasteiger charge is 2.19. The van der Waals surface area contributed by atoms with Crippen molar-refractivity contribution in [3.63, 3.8) is 0 Å². The molecule has 7 nitrogen and oxygen atoms in total. The minimum Gasteiger partial charge on any atom is -0.490 e. The van der Waals surface area contributed by atoms with Crippen LogP contribution in [0.25, 0.3) is 22.1 Å². The van der Waals surface area contributed by atoms with E-state index >= 15 is 0 Å². The summed E-state index contributed by atoms with van der Waals surface area (Å²) in [5.74, 6) is 1.86. The minimum absolute atomic E-state index is 0.127. The molecule has 0 radical (unpaired) electrons. The molecule has 0 spiro atoms. The standard InChI is InChI=1S/C26H28O7/c1-4-7-17-12-19-22(14-21(17)32-15-24(27)29-5-2)33-16(3)25(26(19)28)18-8-9-20-23(13-18)31-11-6-10-30-20/h8-9,12-14H,4-7,10-11,15H2,1-3H3. The average molecular weight is 453 g/mol. The molecule has 2 aromatic carbocycles. The Bertz CT molecular complexity index is 1230. The molecule has 0 N–H and O–H groups in total. The van der Waals surface area contributed by atoms with Crippen molar-refractivity contribution < 1.29 is 28.2 Å². The highest BCUT2D eigenvalue weighted by atomic mass is 16.6. The fraction of sp³-hybridized carbons (Fsp3) is 0.385. The van der Waals surface area contributed by atoms with E-state index in [0.29, 0.717) is 71.3 Å². The highest BCUT2D eigenvalue weighted by Crippen LogP contribution is 2.35. The molecule has 1 aliphatic rings. The van der Waals surface area contributed by atoms with Gasteiger partial charge in [0.15, 0.2) is 18.1 Å². The molecule has 0 saturated carbocycles. The molecule has 0 fully saturated rings. The second-order valence-electron chi connectivity index (χ2n) is 7.87. The predicted octanol–water partition coefficient (Wildman–Crippen LogP) is 4.82. The van der Waals surface area contributed by atoms with Gasteiger partial charge in [0, 0.05) is 12.5 Å². The Morgan fingerprint density at radius 2 is 1.85 bits per heavy atom. The zero-order chi connectivity index (χ0) is 23.4. The summed E-state index contributed by atoms with van der Waals surface area (Å²) in [7, 11) is 0. The van der Waals surface area contributed by atoms with Crippen molar-refractivity contribution in [2.75, 3.05) is 26.4 Å². The lowest BCUT2D eigenvalue weighted by Gasteiger charge is -2.14. The Hall–Kier alpha value is -3.48. The van der Waals surface area contributed by atoms with Gasteiger partial charge in [-0.3, -0.25) is 4.79 Å². The maximum Gasteiger partial charge on any atom is 0.344 e. The number of fused-ring (bicyclic) bond motifs is 2. The van der Waals surface area contributed by atoms with Crippen molar-refractivity contribution in [1.82, 2.24) is 0 Å². The van der Waals surface area contributed by atoms with Gasteiger partial charge in [-0.1, -0.05) is 19.4 Å². The molecule has 0 atom stereocenters. The van der Waals surface area contributed by atoms with Crippen LogP contribution < -0.4 is 19.6 Å². The van der Waals surface area contributed by atoms with Gasteiger partial charge < -0.3 is 23.4 Å². The summed E-state index contributed by atoms with van der Waals surface area (Å²) in [6.07, 6.45) is 2.36. The summed E-state index contributed by atoms with van der Waals surface area (Å²) in [5, 5.41) is 0.467. The van der Waals surface area contributed by atoms with Crippen LogP contribution in [0.5, 0.6) is 17.2 Å². The smallest absolute Gasteiger partial charge is 0.344 e. The summed E-state index contributed by atoms with van der Waals surface area (Å²) < 4.78 is 28.2. The Morgan fingerprint density at radius 3 is 2.61 bits per heavy atom. The van der Waals surface area contributed by atoms with Crippen LogP contribution in [0.3, 0.4) is 0 Å². The number of hydrogen-bond donors (Lipinski definition) is 0. The molecule has 2 heterocycles. The maximum atomic E-state index is 13.6. The monoisotopic (exact) mass is 452 g/mol. The third kappa shape index (κ3) is 4.82. The molecular formula is C26H28O7. The van der Waals surface area contributed by atoms with Gasteiger partial charge in [0.05, 0.1) is 30.8 Å². The van der Waals surface area contributed by atoms with Gasteiger partial charge in [-0.2, -0.15) is 0 Å². The molecule has 0 aliphatic carbocycles. The van der Waals surface area contributed by atoms with E-state index < -0.39 is 5.97 Å². The van der Waals surface area contributed by atoms with Gasteiger partial charge in [0.25, 0.3) is 0 Å². The number of esters is 1. The van der Waals surface area contributed by atoms with E-state index in [9.17, 15) is 9.59 Å². The highest BCUT2D eigenvalue weighted by molar-refractivity contribution is 5.85. The molecule has 33 heavy (non-hydrogen) atoms. The zero-order valence-corrected chi connectivity index (χ0v) is 19.2. The van der Waals surface area contributed by atoms with Crippen molar-refractivity contribution in [2.45, 2.75) is 40.0 Å². The van der Waals surface area contributed by atoms with Crippen LogP contribution in [-0.2, 0) is 16.0 Å². The summed E-state index contributed by atoms with van der Waals surface area (Å²) in [6, 6.07) is 8.99. The SMILES string of the molecule is CCCc1cc2c(=O)c(-c3ccc4c(c3)OCCCO4)c(C)oc2cc1OCC(=O)OCC. The normalized spacial score (nSPS) is 12.9. The van der Waals surface area contributed by atoms with E-state index in [0.717, 1.165) is 18.4 Å². The van der Waals surface area contributed by atoms with Crippen molar-refractivity contribution in [2.24, 2.45) is 0 Å². The summed E-state index contributed by atoms with van der Waals surface area (Å²) in [5.41, 5.74) is 2.33. The summed E-state index contributed by atoms with van der Waals surface area (Å²) in [6.45, 7) is 6.81. The first-order valence-corrected chi connectivity index (χ1v) is 11.3. The zero-order valence-electron chi connectivity index (χ0n) is 19.2. The van der Waals surface area contributed by atoms with Crippen LogP contribution in [0, 0.1) is 6.92 Å². The van der Waals surface area contributed by atoms with Gasteiger partial charge in [-0.15, -0.1) is 0 Å². The van der Waals surface area contributed by atoms with Crippen LogP contribution in [0.1, 0.15) is 38.0 Å². The Kier molecular flexibility index (Phi) is 6.87. The molecular weight excluding hydrogens is 424 g/mol. The van der Waals surface area contributed by atoms with E-state index in [2.05, 4.69) is 0 Å². The number of aryl methyl sites for hydroxylation is 2. The van der Waals surface area contributed by atoms with Crippen LogP contribution >= 0.6 is 0 Å². The summed E-state index contributed by atoms with van der Waals surface area (Å²) >= 11 is 0. The third-order valence-electron chi connectivity index (χ3n) is 5.46. The molecule has 3 aromatic rings. The van der Waals surface area contributed by atoms with Gasteiger partial charge in [0.1, 0.15) is 17.1 Å². The lowest BCUT2D eigenvalue weighted by Crippen LogP contribution is -2.15. The van der Waals surface area contributed by atoms with E-state index in [1.807, 2.05) is 25.1 Å². The number of carbonyl (C=O) groups excluding carboxylic acids is 1. The van der Waals surface area contributed by atoms with Gasteiger partial charge in [-0.25, -0.2) is 4.79 Å². The quantitative estimate of drug-likeness (QED) is 0.475. The topological polar surface area (TPSA) is 84.2 Å². The van der Waals surface area contributed by atoms with Crippen molar-refractivity contribution in [3.05, 3.63) is 51.9 Å². The number of ether oxygens (including phenoxy) is 4. The van der Waals surface area contributed by atoms with Crippen LogP contribution in [-0.4, -0.2) is 32.4 Å². The average Bonchev–Trinajstić information content (AvgIpc) is 3.04. The summed E-state index contributed by atoms with van der Waals surface area (Å²) in [4.78, 5) is 25.3. The Labute approximate surface area is 192 Å². The number of carbonyl (C=O) groups is 1. The molecule has 1 aromatic heterocycles. The molecule has 7 heteroatoms. The molecule has 174 valence electrons. The van der Waals surface area contributed by atoms with Gasteiger partial charge in [0.2, 0.25) is 5.43 Å². The van der Waals surface area contributed by atoms with Crippen molar-refractivity contribution in [3.8, 4) is 28.4 Å². The fourth-order valence-corrected chi connectivity index (χ4v) is 3.97. The molecule has 0 unspecified atom stereocenters. The molecule has 0 amide bonds. The van der Waals surface area contributed by atoms with Crippen molar-refractivity contribution >= 4 is 16.9 Å². The van der Waals surface area contributed by atoms with Crippen molar-refractivity contribution in [1.29, 1.82) is 0 Å². The lowest BCUT2D eigenvalue weighted by molar-refractivity contribution is -0.145. The molecule has 0 saturated heterocycles. The second kappa shape index (κ2) is 9.98. The predicted molar refractivity (Wildman–Crippen MR) is 124 cm³/mol. The van der Waals surface area contributed by atoms with Gasteiger partial charge >= 0.3 is 5.97 Å². The fourth-order valence-electron chi connectivity index (χ4n) is 3.97. The first-order chi connectivity index (χ1) is 16.0. The lowest BCUT2D eigenvalue weighted by atomic mass is 10.00. The molecule has 1 aliphatic heterocycles. The Balaban J connectivity index is 1.77. The van der Waals surface area contributed by atoms with Crippen LogP contribution in [0.2, 0.25) is 0 Å². The minimum atomic E-state index is -0.442. The van der Waals surface area contributed by atoms with E-state index in [1.165, 1.54) is 0 Å². The second-order valence-corrected chi connectivity index (χ2v) is 7.87. The number of benzene rings is 2. The Morgan fingerprint density at radius 1 is 1.06 bits per heavy atom. The number of hydrogen-bond acceptors (Lipinski definition) is 7. The third-order valence-corrected chi connectivity index (χ3v) is 5.46. The first-order valence-electron chi connectivity index (χ1n) is 11.3. The first kappa shape index (κ1) is 22.7. The van der Waals surface area contributed by atoms with Crippen LogP contribution in [0.4, 0.5) is 0 Å². The van der Waals surface area contributed by atoms with E-state index in [4.69, 9.17) is 23.4 Å². The van der Waals surface area contributed by atoms with Gasteiger partial charge in [-0.05, 0) is 49.6 Å². The molecule has 4 rings (SSSR count). The van der Waals surface area contributed by atoms with E-state index in [-0.39, 0.29) is 12.0 Å². The largest absolute Gasteiger partial charge is 0.490 e. The maximum absolute atomic E-state index is 13.6. The number of rotatable bonds is 7. The van der Waals surface area contributed by atoms with E-state index in [1.54, 1.807) is 26.0 Å².